The first-order chi connectivity index (χ1) is 23.3. The third-order valence-electron chi connectivity index (χ3n) is 9.87. The highest BCUT2D eigenvalue weighted by Crippen LogP contribution is 2.48. The van der Waals surface area contributed by atoms with Crippen molar-refractivity contribution in [2.24, 2.45) is 0 Å². The van der Waals surface area contributed by atoms with Crippen LogP contribution < -0.4 is 0 Å². The van der Waals surface area contributed by atoms with Crippen LogP contribution in [0.3, 0.4) is 0 Å². The van der Waals surface area contributed by atoms with Gasteiger partial charge in [0.1, 0.15) is 33.5 Å². The molecule has 3 nitrogen and oxygen atoms in total. The van der Waals surface area contributed by atoms with Crippen LogP contribution in [0, 0.1) is 0 Å². The highest BCUT2D eigenvalue weighted by Gasteiger charge is 2.21. The van der Waals surface area contributed by atoms with Crippen LogP contribution in [0.4, 0.5) is 0 Å². The summed E-state index contributed by atoms with van der Waals surface area (Å²) in [4.78, 5) is 0. The van der Waals surface area contributed by atoms with Crippen molar-refractivity contribution in [2.75, 3.05) is 0 Å². The summed E-state index contributed by atoms with van der Waals surface area (Å²) < 4.78 is 19.2. The molecule has 0 unspecified atom stereocenters. The second-order valence-electron chi connectivity index (χ2n) is 12.3. The molecule has 0 fully saturated rings. The highest BCUT2D eigenvalue weighted by atomic mass is 16.3. The predicted octanol–water partition coefficient (Wildman–Crippen LogP) is 13.0. The number of para-hydroxylation sites is 2. The molecule has 11 aromatic rings. The molecular weight excluding hydrogens is 576 g/mol. The van der Waals surface area contributed by atoms with E-state index in [1.54, 1.807) is 0 Å². The van der Waals surface area contributed by atoms with Crippen molar-refractivity contribution in [3.05, 3.63) is 146 Å². The molecule has 0 radical (unpaired) electrons. The number of fused-ring (bicyclic) bond motifs is 12. The van der Waals surface area contributed by atoms with Gasteiger partial charge in [0.25, 0.3) is 0 Å². The van der Waals surface area contributed by atoms with Crippen molar-refractivity contribution >= 4 is 87.4 Å². The van der Waals surface area contributed by atoms with Gasteiger partial charge in [-0.05, 0) is 86.3 Å². The summed E-state index contributed by atoms with van der Waals surface area (Å²) in [6.07, 6.45) is 0. The third kappa shape index (κ3) is 3.35. The SMILES string of the molecule is c1ccc2c(c1)oc1cccc(-c3c4ccccc4c(-c4ccc5c(c4)oc4c5ccc5oc6ccccc6c54)c4ccccc34)c12. The third-order valence-corrected chi connectivity index (χ3v) is 9.87. The standard InChI is InChI=1S/C44H24O3/c1-3-12-29-27(10-1)40(25-20-21-26-31-22-23-38-43(44(31)47-39(26)24-25)33-15-6-8-18-36(33)46-38)28-11-2-4-13-30(28)41(29)34-16-9-19-37-42(34)32-14-5-7-17-35(32)45-37/h1-24H. The second-order valence-corrected chi connectivity index (χ2v) is 12.3. The average Bonchev–Trinajstić information content (AvgIpc) is 3.81. The molecule has 0 saturated heterocycles. The maximum absolute atomic E-state index is 6.72. The smallest absolute Gasteiger partial charge is 0.147 e. The van der Waals surface area contributed by atoms with Gasteiger partial charge in [0.2, 0.25) is 0 Å². The summed E-state index contributed by atoms with van der Waals surface area (Å²) >= 11 is 0. The highest BCUT2D eigenvalue weighted by molar-refractivity contribution is 6.26. The molecular formula is C44H24O3. The molecule has 3 heterocycles. The van der Waals surface area contributed by atoms with Gasteiger partial charge in [0, 0.05) is 26.9 Å². The Kier molecular flexibility index (Phi) is 4.84. The first-order valence-corrected chi connectivity index (χ1v) is 15.9. The van der Waals surface area contributed by atoms with Gasteiger partial charge in [-0.25, -0.2) is 0 Å². The molecule has 11 rings (SSSR count). The summed E-state index contributed by atoms with van der Waals surface area (Å²) in [5, 5.41) is 11.4. The predicted molar refractivity (Wildman–Crippen MR) is 194 cm³/mol. The van der Waals surface area contributed by atoms with E-state index in [4.69, 9.17) is 13.3 Å². The van der Waals surface area contributed by atoms with E-state index in [1.165, 1.54) is 38.2 Å². The molecule has 0 bridgehead atoms. The molecule has 0 aliphatic rings. The molecule has 0 aliphatic heterocycles. The zero-order valence-electron chi connectivity index (χ0n) is 25.1. The van der Waals surface area contributed by atoms with Crippen LogP contribution in [-0.2, 0) is 0 Å². The van der Waals surface area contributed by atoms with Gasteiger partial charge in [0.15, 0.2) is 0 Å². The summed E-state index contributed by atoms with van der Waals surface area (Å²) in [5.41, 5.74) is 9.95. The number of benzene rings is 8. The zero-order valence-corrected chi connectivity index (χ0v) is 25.1. The lowest BCUT2D eigenvalue weighted by molar-refractivity contribution is 0.663. The largest absolute Gasteiger partial charge is 0.456 e. The van der Waals surface area contributed by atoms with E-state index < -0.39 is 0 Å². The van der Waals surface area contributed by atoms with Crippen molar-refractivity contribution in [1.29, 1.82) is 0 Å². The molecule has 0 N–H and O–H groups in total. The molecule has 0 saturated carbocycles. The van der Waals surface area contributed by atoms with Crippen LogP contribution in [0.1, 0.15) is 0 Å². The fourth-order valence-electron chi connectivity index (χ4n) is 7.91. The molecule has 0 aliphatic carbocycles. The van der Waals surface area contributed by atoms with Crippen molar-refractivity contribution < 1.29 is 13.3 Å². The molecule has 8 aromatic carbocycles. The van der Waals surface area contributed by atoms with Crippen LogP contribution in [0.15, 0.2) is 159 Å². The van der Waals surface area contributed by atoms with Gasteiger partial charge < -0.3 is 13.3 Å². The summed E-state index contributed by atoms with van der Waals surface area (Å²) in [6.45, 7) is 0. The van der Waals surface area contributed by atoms with E-state index >= 15 is 0 Å². The Morgan fingerprint density at radius 1 is 0.298 bits per heavy atom. The first-order valence-electron chi connectivity index (χ1n) is 15.9. The number of furan rings is 3. The topological polar surface area (TPSA) is 39.4 Å². The van der Waals surface area contributed by atoms with Crippen LogP contribution in [-0.4, -0.2) is 0 Å². The van der Waals surface area contributed by atoms with Crippen molar-refractivity contribution in [3.63, 3.8) is 0 Å². The molecule has 0 atom stereocenters. The van der Waals surface area contributed by atoms with E-state index in [1.807, 2.05) is 30.3 Å². The van der Waals surface area contributed by atoms with Crippen LogP contribution in [0.25, 0.3) is 110 Å². The lowest BCUT2D eigenvalue weighted by Crippen LogP contribution is -1.91. The van der Waals surface area contributed by atoms with Crippen molar-refractivity contribution in [2.45, 2.75) is 0 Å². The van der Waals surface area contributed by atoms with Crippen LogP contribution in [0.2, 0.25) is 0 Å². The zero-order chi connectivity index (χ0) is 30.6. The fourth-order valence-corrected chi connectivity index (χ4v) is 7.91. The van der Waals surface area contributed by atoms with E-state index in [-0.39, 0.29) is 0 Å². The Labute approximate surface area is 267 Å². The van der Waals surface area contributed by atoms with Crippen molar-refractivity contribution in [1.82, 2.24) is 0 Å². The molecule has 0 spiro atoms. The number of hydrogen-bond acceptors (Lipinski definition) is 3. The first kappa shape index (κ1) is 24.9. The van der Waals surface area contributed by atoms with Gasteiger partial charge in [-0.2, -0.15) is 0 Å². The van der Waals surface area contributed by atoms with E-state index in [2.05, 4.69) is 115 Å². The fraction of sp³-hybridized carbons (Fsp3) is 0. The van der Waals surface area contributed by atoms with Gasteiger partial charge in [0.05, 0.1) is 5.39 Å². The minimum atomic E-state index is 0.839. The summed E-state index contributed by atoms with van der Waals surface area (Å²) in [7, 11) is 0. The van der Waals surface area contributed by atoms with Gasteiger partial charge in [-0.1, -0.05) is 103 Å². The van der Waals surface area contributed by atoms with Gasteiger partial charge in [-0.3, -0.25) is 0 Å². The van der Waals surface area contributed by atoms with Crippen LogP contribution in [0.5, 0.6) is 0 Å². The lowest BCUT2D eigenvalue weighted by atomic mass is 9.85. The lowest BCUT2D eigenvalue weighted by Gasteiger charge is -2.18. The Morgan fingerprint density at radius 3 is 1.51 bits per heavy atom. The van der Waals surface area contributed by atoms with E-state index in [0.717, 1.165) is 71.4 Å². The molecule has 218 valence electrons. The van der Waals surface area contributed by atoms with Gasteiger partial charge >= 0.3 is 0 Å². The maximum atomic E-state index is 6.72. The van der Waals surface area contributed by atoms with Gasteiger partial charge in [-0.15, -0.1) is 0 Å². The Bertz CT molecular complexity index is 3020. The molecule has 3 heteroatoms. The normalized spacial score (nSPS) is 12.3. The second kappa shape index (κ2) is 9.12. The Morgan fingerprint density at radius 2 is 0.830 bits per heavy atom. The Hall–Kier alpha value is -6.32. The maximum Gasteiger partial charge on any atom is 0.147 e. The molecule has 47 heavy (non-hydrogen) atoms. The Balaban J connectivity index is 1.22. The van der Waals surface area contributed by atoms with E-state index in [9.17, 15) is 0 Å². The minimum Gasteiger partial charge on any atom is -0.456 e. The minimum absolute atomic E-state index is 0.839. The number of hydrogen-bond donors (Lipinski definition) is 0. The van der Waals surface area contributed by atoms with Crippen LogP contribution >= 0.6 is 0 Å². The number of rotatable bonds is 2. The quantitative estimate of drug-likeness (QED) is 0.185. The monoisotopic (exact) mass is 600 g/mol. The molecule has 0 amide bonds. The van der Waals surface area contributed by atoms with E-state index in [0.29, 0.717) is 0 Å². The summed E-state index contributed by atoms with van der Waals surface area (Å²) in [5.74, 6) is 0. The van der Waals surface area contributed by atoms with Crippen molar-refractivity contribution in [3.8, 4) is 22.3 Å². The summed E-state index contributed by atoms with van der Waals surface area (Å²) in [6, 6.07) is 51.3. The average molecular weight is 601 g/mol. The molecule has 3 aromatic heterocycles.